The maximum atomic E-state index is 12.2. The average molecular weight is 385 g/mol. The molecule has 0 radical (unpaired) electrons. The van der Waals surface area contributed by atoms with Crippen molar-refractivity contribution in [1.29, 1.82) is 0 Å². The molecule has 0 aliphatic carbocycles. The van der Waals surface area contributed by atoms with Crippen LogP contribution >= 0.6 is 0 Å². The monoisotopic (exact) mass is 384 g/mol. The van der Waals surface area contributed by atoms with Crippen LogP contribution in [-0.2, 0) is 16.0 Å². The highest BCUT2D eigenvalue weighted by Crippen LogP contribution is 2.31. The first-order chi connectivity index (χ1) is 13.6. The molecule has 0 unspecified atom stereocenters. The molecule has 3 rings (SSSR count). The molecule has 1 atom stereocenters. The number of amides is 2. The van der Waals surface area contributed by atoms with Crippen molar-refractivity contribution in [3.05, 3.63) is 42.0 Å². The van der Waals surface area contributed by atoms with Crippen molar-refractivity contribution in [1.82, 2.24) is 15.5 Å². The Bertz CT molecular complexity index is 712. The lowest BCUT2D eigenvalue weighted by atomic mass is 9.95. The van der Waals surface area contributed by atoms with Crippen molar-refractivity contribution in [2.75, 3.05) is 44.7 Å². The Morgan fingerprint density at radius 3 is 2.61 bits per heavy atom. The maximum absolute atomic E-state index is 12.2. The van der Waals surface area contributed by atoms with E-state index in [0.717, 1.165) is 26.1 Å². The number of carbonyl (C=O) groups is 2. The summed E-state index contributed by atoms with van der Waals surface area (Å²) < 4.78 is 0. The van der Waals surface area contributed by atoms with Crippen LogP contribution in [0.15, 0.2) is 30.9 Å². The second-order valence-electron chi connectivity index (χ2n) is 7.73. The summed E-state index contributed by atoms with van der Waals surface area (Å²) in [5.74, 6) is -1.19. The zero-order valence-corrected chi connectivity index (χ0v) is 16.9. The number of benzene rings is 1. The van der Waals surface area contributed by atoms with Gasteiger partial charge in [0, 0.05) is 32.4 Å². The Hall–Kier alpha value is -2.34. The number of carbonyl (C=O) groups excluding carboxylic acids is 2. The van der Waals surface area contributed by atoms with Crippen molar-refractivity contribution >= 4 is 17.5 Å². The van der Waals surface area contributed by atoms with Gasteiger partial charge in [0.05, 0.1) is 6.04 Å². The van der Waals surface area contributed by atoms with E-state index in [2.05, 4.69) is 52.3 Å². The molecule has 2 amide bonds. The molecule has 2 aliphatic heterocycles. The van der Waals surface area contributed by atoms with Gasteiger partial charge in [-0.2, -0.15) is 0 Å². The van der Waals surface area contributed by atoms with E-state index in [1.165, 1.54) is 42.5 Å². The van der Waals surface area contributed by atoms with Crippen LogP contribution in [0.1, 0.15) is 42.9 Å². The van der Waals surface area contributed by atoms with Crippen LogP contribution in [0.3, 0.4) is 0 Å². The zero-order chi connectivity index (χ0) is 19.9. The molecule has 2 N–H and O–H groups in total. The smallest absolute Gasteiger partial charge is 0.309 e. The van der Waals surface area contributed by atoms with Crippen LogP contribution in [0, 0.1) is 0 Å². The molecule has 28 heavy (non-hydrogen) atoms. The number of piperidine rings is 1. The first kappa shape index (κ1) is 20.4. The van der Waals surface area contributed by atoms with E-state index in [9.17, 15) is 9.59 Å². The molecule has 2 heterocycles. The van der Waals surface area contributed by atoms with Gasteiger partial charge in [-0.05, 0) is 56.0 Å². The predicted octanol–water partition coefficient (Wildman–Crippen LogP) is 2.01. The number of hydrogen-bond donors (Lipinski definition) is 2. The second-order valence-corrected chi connectivity index (χ2v) is 7.73. The summed E-state index contributed by atoms with van der Waals surface area (Å²) in [6.07, 6.45) is 7.44. The van der Waals surface area contributed by atoms with Gasteiger partial charge in [0.1, 0.15) is 0 Å². The Labute approximate surface area is 168 Å². The van der Waals surface area contributed by atoms with Crippen LogP contribution in [0.5, 0.6) is 0 Å². The van der Waals surface area contributed by atoms with Gasteiger partial charge in [0.15, 0.2) is 0 Å². The lowest BCUT2D eigenvalue weighted by Crippen LogP contribution is -2.45. The van der Waals surface area contributed by atoms with E-state index in [1.807, 2.05) is 0 Å². The minimum absolute atomic E-state index is 0.0917. The molecule has 152 valence electrons. The molecule has 1 aromatic rings. The van der Waals surface area contributed by atoms with Crippen molar-refractivity contribution in [3.63, 3.8) is 0 Å². The Balaban J connectivity index is 1.75. The fraction of sp³-hybridized carbons (Fsp3) is 0.545. The van der Waals surface area contributed by atoms with Crippen LogP contribution in [-0.4, -0.2) is 56.5 Å². The van der Waals surface area contributed by atoms with E-state index in [-0.39, 0.29) is 6.04 Å². The highest BCUT2D eigenvalue weighted by molar-refractivity contribution is 6.35. The van der Waals surface area contributed by atoms with Gasteiger partial charge in [-0.15, -0.1) is 6.58 Å². The highest BCUT2D eigenvalue weighted by Gasteiger charge is 2.25. The van der Waals surface area contributed by atoms with Gasteiger partial charge in [-0.25, -0.2) is 0 Å². The molecule has 2 aliphatic rings. The van der Waals surface area contributed by atoms with Crippen molar-refractivity contribution in [2.24, 2.45) is 0 Å². The molecule has 1 aromatic carbocycles. The molecule has 0 spiro atoms. The SMILES string of the molecule is C=CCNC(=O)C(=O)NC[C@@H](c1ccc2c(c1)CCCN2C)N1CCCCC1. The molecule has 0 saturated carbocycles. The molecule has 0 bridgehead atoms. The third-order valence-electron chi connectivity index (χ3n) is 5.74. The zero-order valence-electron chi connectivity index (χ0n) is 16.9. The van der Waals surface area contributed by atoms with Crippen molar-refractivity contribution in [3.8, 4) is 0 Å². The molecule has 1 fully saturated rings. The summed E-state index contributed by atoms with van der Waals surface area (Å²) in [6, 6.07) is 6.78. The van der Waals surface area contributed by atoms with E-state index in [1.54, 1.807) is 6.08 Å². The normalized spacial score (nSPS) is 18.1. The number of nitrogens with one attached hydrogen (secondary N) is 2. The van der Waals surface area contributed by atoms with Crippen LogP contribution in [0.25, 0.3) is 0 Å². The summed E-state index contributed by atoms with van der Waals surface area (Å²) in [5, 5.41) is 5.37. The molecular weight excluding hydrogens is 352 g/mol. The Morgan fingerprint density at radius 1 is 1.11 bits per heavy atom. The molecule has 6 nitrogen and oxygen atoms in total. The Kier molecular flexibility index (Phi) is 7.09. The predicted molar refractivity (Wildman–Crippen MR) is 112 cm³/mol. The van der Waals surface area contributed by atoms with Gasteiger partial charge in [0.25, 0.3) is 0 Å². The minimum Gasteiger partial charge on any atom is -0.374 e. The van der Waals surface area contributed by atoms with E-state index >= 15 is 0 Å². The van der Waals surface area contributed by atoms with Crippen LogP contribution in [0.4, 0.5) is 5.69 Å². The maximum Gasteiger partial charge on any atom is 0.309 e. The quantitative estimate of drug-likeness (QED) is 0.582. The summed E-state index contributed by atoms with van der Waals surface area (Å²) in [7, 11) is 2.14. The molecule has 1 saturated heterocycles. The highest BCUT2D eigenvalue weighted by atomic mass is 16.2. The van der Waals surface area contributed by atoms with Crippen molar-refractivity contribution < 1.29 is 9.59 Å². The topological polar surface area (TPSA) is 64.7 Å². The first-order valence-electron chi connectivity index (χ1n) is 10.3. The molecular formula is C22H32N4O2. The van der Waals surface area contributed by atoms with E-state index < -0.39 is 11.8 Å². The number of rotatable bonds is 6. The van der Waals surface area contributed by atoms with Crippen LogP contribution < -0.4 is 15.5 Å². The number of fused-ring (bicyclic) bond motifs is 1. The van der Waals surface area contributed by atoms with E-state index in [0.29, 0.717) is 13.1 Å². The van der Waals surface area contributed by atoms with Crippen LogP contribution in [0.2, 0.25) is 0 Å². The number of anilines is 1. The number of aryl methyl sites for hydroxylation is 1. The van der Waals surface area contributed by atoms with Gasteiger partial charge in [-0.1, -0.05) is 24.6 Å². The summed E-state index contributed by atoms with van der Waals surface area (Å²) >= 11 is 0. The van der Waals surface area contributed by atoms with Gasteiger partial charge < -0.3 is 15.5 Å². The second kappa shape index (κ2) is 9.73. The standard InChI is InChI=1S/C22H32N4O2/c1-3-11-23-21(27)22(28)24-16-20(26-13-5-4-6-14-26)18-9-10-19-17(15-18)8-7-12-25(19)2/h3,9-10,15,20H,1,4-8,11-14,16H2,2H3,(H,23,27)(H,24,28)/t20-/m0/s1. The lowest BCUT2D eigenvalue weighted by molar-refractivity contribution is -0.139. The summed E-state index contributed by atoms with van der Waals surface area (Å²) in [5.41, 5.74) is 3.91. The summed E-state index contributed by atoms with van der Waals surface area (Å²) in [4.78, 5) is 28.8. The van der Waals surface area contributed by atoms with E-state index in [4.69, 9.17) is 0 Å². The largest absolute Gasteiger partial charge is 0.374 e. The van der Waals surface area contributed by atoms with Crippen molar-refractivity contribution in [2.45, 2.75) is 38.1 Å². The summed E-state index contributed by atoms with van der Waals surface area (Å²) in [6.45, 7) is 7.43. The molecule has 6 heteroatoms. The number of nitrogens with zero attached hydrogens (tertiary/aromatic N) is 2. The van der Waals surface area contributed by atoms with Gasteiger partial charge in [-0.3, -0.25) is 14.5 Å². The first-order valence-corrected chi connectivity index (χ1v) is 10.3. The lowest BCUT2D eigenvalue weighted by Gasteiger charge is -2.36. The molecule has 0 aromatic heterocycles. The Morgan fingerprint density at radius 2 is 1.86 bits per heavy atom. The third-order valence-corrected chi connectivity index (χ3v) is 5.74. The third kappa shape index (κ3) is 4.93. The average Bonchev–Trinajstić information content (AvgIpc) is 2.73. The number of hydrogen-bond acceptors (Lipinski definition) is 4. The van der Waals surface area contributed by atoms with Gasteiger partial charge in [0.2, 0.25) is 0 Å². The number of likely N-dealkylation sites (tertiary alicyclic amines) is 1. The van der Waals surface area contributed by atoms with Gasteiger partial charge >= 0.3 is 11.8 Å². The fourth-order valence-corrected chi connectivity index (χ4v) is 4.22. The fourth-order valence-electron chi connectivity index (χ4n) is 4.22. The minimum atomic E-state index is -0.607.